The van der Waals surface area contributed by atoms with Crippen molar-refractivity contribution in [1.82, 2.24) is 0 Å². The van der Waals surface area contributed by atoms with Crippen LogP contribution < -0.4 is 0 Å². The normalized spacial score (nSPS) is 23.0. The van der Waals surface area contributed by atoms with Crippen molar-refractivity contribution in [1.29, 1.82) is 0 Å². The Morgan fingerprint density at radius 1 is 1.35 bits per heavy atom. The van der Waals surface area contributed by atoms with E-state index in [2.05, 4.69) is 11.9 Å². The van der Waals surface area contributed by atoms with E-state index in [1.807, 2.05) is 30.3 Å². The number of benzene rings is 1. The maximum Gasteiger partial charge on any atom is 0.344 e. The van der Waals surface area contributed by atoms with Crippen molar-refractivity contribution in [2.45, 2.75) is 32.8 Å². The highest BCUT2D eigenvalue weighted by Gasteiger charge is 2.38. The highest BCUT2D eigenvalue weighted by Crippen LogP contribution is 2.32. The number of hydrogen-bond acceptors (Lipinski definition) is 4. The molecular formula is C16H19NO3. The minimum absolute atomic E-state index is 0.0383. The van der Waals surface area contributed by atoms with Gasteiger partial charge in [-0.05, 0) is 18.9 Å². The summed E-state index contributed by atoms with van der Waals surface area (Å²) in [7, 11) is 0. The highest BCUT2D eigenvalue weighted by atomic mass is 16.6. The summed E-state index contributed by atoms with van der Waals surface area (Å²) in [6.07, 6.45) is 1.45. The van der Waals surface area contributed by atoms with E-state index in [1.165, 1.54) is 6.92 Å². The van der Waals surface area contributed by atoms with Crippen LogP contribution in [0.1, 0.15) is 38.4 Å². The van der Waals surface area contributed by atoms with Crippen LogP contribution in [0.3, 0.4) is 0 Å². The molecule has 106 valence electrons. The summed E-state index contributed by atoms with van der Waals surface area (Å²) in [4.78, 5) is 16.4. The van der Waals surface area contributed by atoms with Crippen molar-refractivity contribution in [2.24, 2.45) is 4.99 Å². The van der Waals surface area contributed by atoms with E-state index in [4.69, 9.17) is 4.74 Å². The van der Waals surface area contributed by atoms with E-state index in [0.717, 1.165) is 18.4 Å². The molecule has 0 bridgehead atoms. The Balaban J connectivity index is 2.39. The van der Waals surface area contributed by atoms with Crippen molar-refractivity contribution in [3.05, 3.63) is 47.2 Å². The molecule has 0 aliphatic carbocycles. The first-order chi connectivity index (χ1) is 9.65. The fraction of sp³-hybridized carbons (Fsp3) is 0.375. The Hall–Kier alpha value is -2.10. The van der Waals surface area contributed by atoms with Gasteiger partial charge in [-0.3, -0.25) is 4.99 Å². The summed E-state index contributed by atoms with van der Waals surface area (Å²) in [5.41, 5.74) is 1.61. The third kappa shape index (κ3) is 2.90. The number of allylic oxidation sites excluding steroid dienone is 1. The van der Waals surface area contributed by atoms with Crippen LogP contribution in [0.15, 0.2) is 46.7 Å². The Labute approximate surface area is 118 Å². The number of rotatable bonds is 4. The minimum Gasteiger partial charge on any atom is -0.512 e. The number of nitrogens with zero attached hydrogens (tertiary/aromatic N) is 1. The number of cyclic esters (lactones) is 1. The molecule has 1 fully saturated rings. The number of carbonyl (C=O) groups excluding carboxylic acids is 1. The summed E-state index contributed by atoms with van der Waals surface area (Å²) in [6.45, 7) is 4.20. The van der Waals surface area contributed by atoms with Crippen molar-refractivity contribution in [3.8, 4) is 0 Å². The number of unbranched alkanes of at least 4 members (excludes halogenated alkanes) is 1. The zero-order chi connectivity index (χ0) is 14.5. The molecular weight excluding hydrogens is 254 g/mol. The first kappa shape index (κ1) is 14.3. The molecule has 1 aliphatic rings. The van der Waals surface area contributed by atoms with Gasteiger partial charge in [-0.15, -0.1) is 0 Å². The van der Waals surface area contributed by atoms with Crippen LogP contribution in [-0.4, -0.2) is 23.3 Å². The molecule has 1 heterocycles. The second kappa shape index (κ2) is 6.37. The molecule has 2 rings (SSSR count). The van der Waals surface area contributed by atoms with E-state index >= 15 is 0 Å². The Bertz CT molecular complexity index is 542. The average molecular weight is 273 g/mol. The molecule has 1 aliphatic heterocycles. The molecule has 0 amide bonds. The standard InChI is InChI=1S/C16H19NO3/c1-3-4-10-17-14-13(11(2)18)16(19)20-15(14)12-8-6-5-7-9-12/h5-9,15,18H,3-4,10H2,1-2H3/b13-11+,17-14?. The van der Waals surface area contributed by atoms with Crippen LogP contribution in [0.5, 0.6) is 0 Å². The van der Waals surface area contributed by atoms with E-state index in [-0.39, 0.29) is 11.3 Å². The van der Waals surface area contributed by atoms with Gasteiger partial charge in [0.2, 0.25) is 0 Å². The van der Waals surface area contributed by atoms with Gasteiger partial charge in [0.25, 0.3) is 0 Å². The summed E-state index contributed by atoms with van der Waals surface area (Å²) in [5, 5.41) is 9.71. The van der Waals surface area contributed by atoms with E-state index in [9.17, 15) is 9.90 Å². The van der Waals surface area contributed by atoms with Gasteiger partial charge in [-0.2, -0.15) is 0 Å². The molecule has 1 aromatic carbocycles. The van der Waals surface area contributed by atoms with Gasteiger partial charge in [0, 0.05) is 6.54 Å². The largest absolute Gasteiger partial charge is 0.512 e. The molecule has 1 N–H and O–H groups in total. The van der Waals surface area contributed by atoms with Crippen molar-refractivity contribution in [3.63, 3.8) is 0 Å². The molecule has 1 saturated heterocycles. The number of aliphatic hydroxyl groups excluding tert-OH is 1. The Kier molecular flexibility index (Phi) is 4.56. The lowest BCUT2D eigenvalue weighted by atomic mass is 10.0. The fourth-order valence-electron chi connectivity index (χ4n) is 2.16. The maximum atomic E-state index is 11.9. The van der Waals surface area contributed by atoms with Gasteiger partial charge >= 0.3 is 5.97 Å². The monoisotopic (exact) mass is 273 g/mol. The van der Waals surface area contributed by atoms with Crippen molar-refractivity contribution < 1.29 is 14.6 Å². The third-order valence-corrected chi connectivity index (χ3v) is 3.19. The van der Waals surface area contributed by atoms with Gasteiger partial charge in [-0.1, -0.05) is 43.7 Å². The molecule has 1 aromatic rings. The fourth-order valence-corrected chi connectivity index (χ4v) is 2.16. The average Bonchev–Trinajstić information content (AvgIpc) is 2.77. The van der Waals surface area contributed by atoms with E-state index < -0.39 is 12.1 Å². The van der Waals surface area contributed by atoms with Crippen molar-refractivity contribution >= 4 is 11.7 Å². The number of hydrogen-bond donors (Lipinski definition) is 1. The number of aliphatic hydroxyl groups is 1. The van der Waals surface area contributed by atoms with Gasteiger partial charge in [0.1, 0.15) is 11.3 Å². The maximum absolute atomic E-state index is 11.9. The first-order valence-electron chi connectivity index (χ1n) is 6.85. The third-order valence-electron chi connectivity index (χ3n) is 3.19. The summed E-state index contributed by atoms with van der Waals surface area (Å²) >= 11 is 0. The van der Waals surface area contributed by atoms with Crippen LogP contribution in [0.25, 0.3) is 0 Å². The number of esters is 1. The van der Waals surface area contributed by atoms with E-state index in [1.54, 1.807) is 0 Å². The predicted molar refractivity (Wildman–Crippen MR) is 77.8 cm³/mol. The molecule has 1 atom stereocenters. The Morgan fingerprint density at radius 3 is 2.65 bits per heavy atom. The SMILES string of the molecule is CCCCN=C1/C(=C(/C)O)C(=O)OC1c1ccccc1. The number of aliphatic imine (C=N–C) groups is 1. The molecule has 0 radical (unpaired) electrons. The van der Waals surface area contributed by atoms with Crippen LogP contribution in [0.2, 0.25) is 0 Å². The van der Waals surface area contributed by atoms with Crippen LogP contribution in [0.4, 0.5) is 0 Å². The number of carbonyl (C=O) groups is 1. The second-order valence-electron chi connectivity index (χ2n) is 4.78. The molecule has 4 nitrogen and oxygen atoms in total. The quantitative estimate of drug-likeness (QED) is 0.396. The van der Waals surface area contributed by atoms with Crippen molar-refractivity contribution in [2.75, 3.05) is 6.54 Å². The number of ether oxygens (including phenoxy) is 1. The minimum atomic E-state index is -0.516. The van der Waals surface area contributed by atoms with Gasteiger partial charge in [0.05, 0.1) is 5.71 Å². The predicted octanol–water partition coefficient (Wildman–Crippen LogP) is 3.36. The second-order valence-corrected chi connectivity index (χ2v) is 4.78. The zero-order valence-corrected chi connectivity index (χ0v) is 11.8. The lowest BCUT2D eigenvalue weighted by Gasteiger charge is -2.10. The molecule has 1 unspecified atom stereocenters. The van der Waals surface area contributed by atoms with Crippen LogP contribution >= 0.6 is 0 Å². The summed E-state index contributed by atoms with van der Waals surface area (Å²) in [5.74, 6) is -0.544. The van der Waals surface area contributed by atoms with Gasteiger partial charge < -0.3 is 9.84 Å². The molecule has 0 saturated carbocycles. The molecule has 0 spiro atoms. The van der Waals surface area contributed by atoms with Crippen LogP contribution in [-0.2, 0) is 9.53 Å². The lowest BCUT2D eigenvalue weighted by Crippen LogP contribution is -2.10. The topological polar surface area (TPSA) is 58.9 Å². The zero-order valence-electron chi connectivity index (χ0n) is 11.8. The summed E-state index contributed by atoms with van der Waals surface area (Å²) in [6, 6.07) is 9.47. The smallest absolute Gasteiger partial charge is 0.344 e. The molecule has 0 aromatic heterocycles. The molecule has 4 heteroatoms. The highest BCUT2D eigenvalue weighted by molar-refractivity contribution is 6.26. The van der Waals surface area contributed by atoms with Gasteiger partial charge in [-0.25, -0.2) is 4.79 Å². The summed E-state index contributed by atoms with van der Waals surface area (Å²) < 4.78 is 5.38. The van der Waals surface area contributed by atoms with Crippen LogP contribution in [0, 0.1) is 0 Å². The van der Waals surface area contributed by atoms with E-state index in [0.29, 0.717) is 12.3 Å². The van der Waals surface area contributed by atoms with Gasteiger partial charge in [0.15, 0.2) is 6.10 Å². The first-order valence-corrected chi connectivity index (χ1v) is 6.85. The molecule has 20 heavy (non-hydrogen) atoms. The Morgan fingerprint density at radius 2 is 2.05 bits per heavy atom. The lowest BCUT2D eigenvalue weighted by molar-refractivity contribution is -0.138.